The van der Waals surface area contributed by atoms with Crippen LogP contribution in [0.2, 0.25) is 0 Å². The van der Waals surface area contributed by atoms with Crippen LogP contribution in [0, 0.1) is 5.92 Å². The first-order valence-corrected chi connectivity index (χ1v) is 6.53. The number of carboxylic acid groups (broad SMARTS) is 1. The van der Waals surface area contributed by atoms with E-state index in [2.05, 4.69) is 9.71 Å². The molecule has 1 aromatic heterocycles. The van der Waals surface area contributed by atoms with Crippen molar-refractivity contribution in [3.8, 4) is 0 Å². The molecule has 0 saturated carbocycles. The number of hydrogen-bond donors (Lipinski definition) is 3. The van der Waals surface area contributed by atoms with E-state index < -0.39 is 28.0 Å². The molecule has 0 aliphatic heterocycles. The highest BCUT2D eigenvalue weighted by molar-refractivity contribution is 7.89. The zero-order valence-electron chi connectivity index (χ0n) is 8.83. The van der Waals surface area contributed by atoms with Gasteiger partial charge in [-0.2, -0.15) is 0 Å². The van der Waals surface area contributed by atoms with E-state index in [1.165, 1.54) is 24.5 Å². The Kier molecular flexibility index (Phi) is 3.03. The summed E-state index contributed by atoms with van der Waals surface area (Å²) in [4.78, 5) is 13.5. The molecule has 0 saturated heterocycles. The van der Waals surface area contributed by atoms with E-state index in [4.69, 9.17) is 5.11 Å². The number of carboxylic acids is 1. The highest BCUT2D eigenvalue weighted by Gasteiger charge is 2.28. The number of hydrogen-bond acceptors (Lipinski definition) is 3. The lowest BCUT2D eigenvalue weighted by atomic mass is 10.1. The highest BCUT2D eigenvalue weighted by atomic mass is 32.2. The molecule has 0 radical (unpaired) electrons. The Balaban J connectivity index is 2.05. The number of aromatic nitrogens is 1. The summed E-state index contributed by atoms with van der Waals surface area (Å²) in [6.07, 6.45) is 6.21. The summed E-state index contributed by atoms with van der Waals surface area (Å²) >= 11 is 0. The van der Waals surface area contributed by atoms with Gasteiger partial charge in [0.15, 0.2) is 0 Å². The van der Waals surface area contributed by atoms with Gasteiger partial charge in [-0.25, -0.2) is 13.1 Å². The number of nitrogens with one attached hydrogen (secondary N) is 2. The number of H-pyrrole nitrogens is 1. The van der Waals surface area contributed by atoms with E-state index in [1.807, 2.05) is 0 Å². The molecule has 0 fully saturated rings. The summed E-state index contributed by atoms with van der Waals surface area (Å²) in [5.74, 6) is -1.56. The minimum atomic E-state index is -3.57. The summed E-state index contributed by atoms with van der Waals surface area (Å²) in [6.45, 7) is 0. The van der Waals surface area contributed by atoms with Gasteiger partial charge in [-0.1, -0.05) is 12.2 Å². The molecule has 0 aromatic carbocycles. The van der Waals surface area contributed by atoms with Gasteiger partial charge in [-0.3, -0.25) is 4.79 Å². The van der Waals surface area contributed by atoms with Gasteiger partial charge in [0.05, 0.1) is 10.8 Å². The molecule has 0 bridgehead atoms. The summed E-state index contributed by atoms with van der Waals surface area (Å²) in [7, 11) is -3.57. The fraction of sp³-hybridized carbons (Fsp3) is 0.300. The molecule has 1 aromatic rings. The zero-order valence-corrected chi connectivity index (χ0v) is 9.65. The first-order valence-electron chi connectivity index (χ1n) is 5.05. The maximum atomic E-state index is 11.8. The fourth-order valence-electron chi connectivity index (χ4n) is 1.71. The Morgan fingerprint density at radius 3 is 2.76 bits per heavy atom. The molecule has 1 aliphatic rings. The van der Waals surface area contributed by atoms with Crippen molar-refractivity contribution in [1.29, 1.82) is 0 Å². The number of aromatic amines is 1. The van der Waals surface area contributed by atoms with E-state index >= 15 is 0 Å². The van der Waals surface area contributed by atoms with Gasteiger partial charge >= 0.3 is 5.97 Å². The average Bonchev–Trinajstić information content (AvgIpc) is 2.85. The van der Waals surface area contributed by atoms with Crippen LogP contribution in [0.1, 0.15) is 6.42 Å². The number of carbonyl (C=O) groups is 1. The van der Waals surface area contributed by atoms with E-state index in [0.717, 1.165) is 0 Å². The third-order valence-electron chi connectivity index (χ3n) is 2.59. The average molecular weight is 256 g/mol. The molecular weight excluding hydrogens is 244 g/mol. The normalized spacial score (nSPS) is 24.0. The van der Waals surface area contributed by atoms with Gasteiger partial charge in [0, 0.05) is 18.4 Å². The van der Waals surface area contributed by atoms with Crippen LogP contribution in [-0.4, -0.2) is 30.5 Å². The summed E-state index contributed by atoms with van der Waals surface area (Å²) in [6, 6.07) is 0.978. The largest absolute Gasteiger partial charge is 0.481 e. The molecule has 6 nitrogen and oxygen atoms in total. The van der Waals surface area contributed by atoms with Crippen LogP contribution < -0.4 is 4.72 Å². The van der Waals surface area contributed by atoms with Crippen molar-refractivity contribution in [3.63, 3.8) is 0 Å². The van der Waals surface area contributed by atoms with E-state index in [1.54, 1.807) is 6.08 Å². The minimum absolute atomic E-state index is 0.143. The lowest BCUT2D eigenvalue weighted by Gasteiger charge is -2.11. The van der Waals surface area contributed by atoms with Gasteiger partial charge in [-0.05, 0) is 12.5 Å². The predicted octanol–water partition coefficient (Wildman–Crippen LogP) is 0.322. The topological polar surface area (TPSA) is 99.3 Å². The second-order valence-corrected chi connectivity index (χ2v) is 5.55. The van der Waals surface area contributed by atoms with Gasteiger partial charge in [0.1, 0.15) is 0 Å². The Morgan fingerprint density at radius 1 is 1.47 bits per heavy atom. The second kappa shape index (κ2) is 4.34. The van der Waals surface area contributed by atoms with Crippen LogP contribution in [0.15, 0.2) is 35.5 Å². The van der Waals surface area contributed by atoms with E-state index in [-0.39, 0.29) is 11.3 Å². The SMILES string of the molecule is O=C(O)C1C=CC(NS(=O)(=O)c2cc[nH]c2)C1. The van der Waals surface area contributed by atoms with Crippen LogP contribution in [0.3, 0.4) is 0 Å². The number of rotatable bonds is 4. The third kappa shape index (κ3) is 2.56. The molecule has 3 N–H and O–H groups in total. The van der Waals surface area contributed by atoms with Crippen molar-refractivity contribution in [2.24, 2.45) is 5.92 Å². The van der Waals surface area contributed by atoms with Crippen LogP contribution in [0.4, 0.5) is 0 Å². The molecule has 92 valence electrons. The Hall–Kier alpha value is -1.60. The molecule has 17 heavy (non-hydrogen) atoms. The molecule has 0 spiro atoms. The molecule has 1 heterocycles. The van der Waals surface area contributed by atoms with Crippen LogP contribution in [-0.2, 0) is 14.8 Å². The standard InChI is InChI=1S/C10H12N2O4S/c13-10(14)7-1-2-8(5-7)12-17(15,16)9-3-4-11-6-9/h1-4,6-8,11-12H,5H2,(H,13,14). The molecule has 2 atom stereocenters. The van der Waals surface area contributed by atoms with E-state index in [9.17, 15) is 13.2 Å². The first-order chi connectivity index (χ1) is 7.99. The maximum Gasteiger partial charge on any atom is 0.310 e. The first kappa shape index (κ1) is 11.9. The molecule has 2 rings (SSSR count). The molecule has 7 heteroatoms. The minimum Gasteiger partial charge on any atom is -0.481 e. The lowest BCUT2D eigenvalue weighted by Crippen LogP contribution is -2.33. The van der Waals surface area contributed by atoms with Gasteiger partial charge in [-0.15, -0.1) is 0 Å². The van der Waals surface area contributed by atoms with Crippen LogP contribution in [0.5, 0.6) is 0 Å². The highest BCUT2D eigenvalue weighted by Crippen LogP contribution is 2.20. The predicted molar refractivity (Wildman–Crippen MR) is 59.8 cm³/mol. The Labute approximate surface area is 98.4 Å². The summed E-state index contributed by atoms with van der Waals surface area (Å²) < 4.78 is 26.1. The summed E-state index contributed by atoms with van der Waals surface area (Å²) in [5, 5.41) is 8.78. The van der Waals surface area contributed by atoms with Crippen molar-refractivity contribution in [2.75, 3.05) is 0 Å². The Morgan fingerprint density at radius 2 is 2.24 bits per heavy atom. The second-order valence-electron chi connectivity index (χ2n) is 3.84. The molecular formula is C10H12N2O4S. The number of sulfonamides is 1. The smallest absolute Gasteiger partial charge is 0.310 e. The van der Waals surface area contributed by atoms with Gasteiger partial charge in [0.25, 0.3) is 0 Å². The van der Waals surface area contributed by atoms with Crippen molar-refractivity contribution in [2.45, 2.75) is 17.4 Å². The zero-order chi connectivity index (χ0) is 12.5. The maximum absolute atomic E-state index is 11.8. The number of aliphatic carboxylic acids is 1. The van der Waals surface area contributed by atoms with E-state index in [0.29, 0.717) is 0 Å². The molecule has 1 aliphatic carbocycles. The van der Waals surface area contributed by atoms with Crippen molar-refractivity contribution in [1.82, 2.24) is 9.71 Å². The fourth-order valence-corrected chi connectivity index (χ4v) is 2.89. The van der Waals surface area contributed by atoms with Crippen molar-refractivity contribution < 1.29 is 18.3 Å². The monoisotopic (exact) mass is 256 g/mol. The molecule has 2 unspecified atom stereocenters. The van der Waals surface area contributed by atoms with Crippen LogP contribution in [0.25, 0.3) is 0 Å². The van der Waals surface area contributed by atoms with Gasteiger partial charge < -0.3 is 10.1 Å². The quantitative estimate of drug-likeness (QED) is 0.675. The van der Waals surface area contributed by atoms with Crippen molar-refractivity contribution in [3.05, 3.63) is 30.6 Å². The van der Waals surface area contributed by atoms with Crippen LogP contribution >= 0.6 is 0 Å². The lowest BCUT2D eigenvalue weighted by molar-refractivity contribution is -0.140. The third-order valence-corrected chi connectivity index (χ3v) is 4.07. The van der Waals surface area contributed by atoms with Crippen molar-refractivity contribution >= 4 is 16.0 Å². The Bertz CT molecular complexity index is 533. The van der Waals surface area contributed by atoms with Gasteiger partial charge in [0.2, 0.25) is 10.0 Å². The summed E-state index contributed by atoms with van der Waals surface area (Å²) in [5.41, 5.74) is 0. The molecule has 0 amide bonds.